The SMILES string of the molecule is O=C(NCc1ccccc1)[C@@H](Cc1ccccc1)N(Cc1ccccc1)C(=O)Cc1ccc(Cl)cc1. The maximum Gasteiger partial charge on any atom is 0.243 e. The molecule has 2 amide bonds. The van der Waals surface area contributed by atoms with Crippen LogP contribution in [0.3, 0.4) is 0 Å². The van der Waals surface area contributed by atoms with E-state index in [0.717, 1.165) is 22.3 Å². The predicted octanol–water partition coefficient (Wildman–Crippen LogP) is 5.84. The first kappa shape index (κ1) is 25.2. The van der Waals surface area contributed by atoms with E-state index in [-0.39, 0.29) is 18.2 Å². The smallest absolute Gasteiger partial charge is 0.243 e. The number of rotatable bonds is 10. The standard InChI is InChI=1S/C31H29ClN2O2/c32-28-18-16-25(17-19-28)21-30(35)34(23-27-14-8-3-9-15-27)29(20-24-10-4-1-5-11-24)31(36)33-22-26-12-6-2-7-13-26/h1-19,29H,20-23H2,(H,33,36)/t29-/m1/s1. The maximum atomic E-state index is 13.7. The van der Waals surface area contributed by atoms with Crippen LogP contribution in [0.2, 0.25) is 5.02 Å². The summed E-state index contributed by atoms with van der Waals surface area (Å²) in [6, 6.07) is 36.0. The van der Waals surface area contributed by atoms with Crippen molar-refractivity contribution >= 4 is 23.4 Å². The lowest BCUT2D eigenvalue weighted by atomic mass is 10.0. The second-order valence-corrected chi connectivity index (χ2v) is 9.16. The van der Waals surface area contributed by atoms with E-state index in [1.807, 2.05) is 103 Å². The largest absolute Gasteiger partial charge is 0.350 e. The lowest BCUT2D eigenvalue weighted by molar-refractivity contribution is -0.140. The van der Waals surface area contributed by atoms with Crippen molar-refractivity contribution in [3.63, 3.8) is 0 Å². The summed E-state index contributed by atoms with van der Waals surface area (Å²) >= 11 is 6.04. The third-order valence-electron chi connectivity index (χ3n) is 6.05. The number of amides is 2. The van der Waals surface area contributed by atoms with Gasteiger partial charge in [0.1, 0.15) is 6.04 Å². The highest BCUT2D eigenvalue weighted by Gasteiger charge is 2.30. The van der Waals surface area contributed by atoms with E-state index < -0.39 is 6.04 Å². The molecule has 0 spiro atoms. The van der Waals surface area contributed by atoms with E-state index in [0.29, 0.717) is 24.5 Å². The zero-order valence-corrected chi connectivity index (χ0v) is 20.8. The van der Waals surface area contributed by atoms with Crippen LogP contribution in [-0.4, -0.2) is 22.8 Å². The molecule has 0 aliphatic heterocycles. The first-order valence-electron chi connectivity index (χ1n) is 12.0. The Balaban J connectivity index is 1.63. The molecule has 0 unspecified atom stereocenters. The Kier molecular flexibility index (Phi) is 8.90. The highest BCUT2D eigenvalue weighted by Crippen LogP contribution is 2.18. The van der Waals surface area contributed by atoms with Crippen molar-refractivity contribution in [3.8, 4) is 0 Å². The number of nitrogens with one attached hydrogen (secondary N) is 1. The fraction of sp³-hybridized carbons (Fsp3) is 0.161. The monoisotopic (exact) mass is 496 g/mol. The van der Waals surface area contributed by atoms with Gasteiger partial charge in [-0.15, -0.1) is 0 Å². The molecule has 0 aliphatic rings. The van der Waals surface area contributed by atoms with Gasteiger partial charge in [0.15, 0.2) is 0 Å². The zero-order valence-electron chi connectivity index (χ0n) is 20.0. The third-order valence-corrected chi connectivity index (χ3v) is 6.30. The van der Waals surface area contributed by atoms with Crippen molar-refractivity contribution in [2.75, 3.05) is 0 Å². The first-order chi connectivity index (χ1) is 17.6. The molecule has 0 radical (unpaired) electrons. The van der Waals surface area contributed by atoms with Crippen LogP contribution < -0.4 is 5.32 Å². The van der Waals surface area contributed by atoms with Gasteiger partial charge in [-0.1, -0.05) is 115 Å². The van der Waals surface area contributed by atoms with Crippen molar-refractivity contribution in [2.24, 2.45) is 0 Å². The number of carbonyl (C=O) groups is 2. The Bertz CT molecular complexity index is 1250. The van der Waals surface area contributed by atoms with Crippen molar-refractivity contribution < 1.29 is 9.59 Å². The third kappa shape index (κ3) is 7.30. The molecule has 4 rings (SSSR count). The summed E-state index contributed by atoms with van der Waals surface area (Å²) in [5.41, 5.74) is 3.82. The average molecular weight is 497 g/mol. The number of hydrogen-bond donors (Lipinski definition) is 1. The summed E-state index contributed by atoms with van der Waals surface area (Å²) in [6.07, 6.45) is 0.599. The molecule has 0 saturated heterocycles. The van der Waals surface area contributed by atoms with Crippen LogP contribution in [-0.2, 0) is 35.5 Å². The van der Waals surface area contributed by atoms with Crippen LogP contribution >= 0.6 is 11.6 Å². The number of carbonyl (C=O) groups excluding carboxylic acids is 2. The molecule has 182 valence electrons. The summed E-state index contributed by atoms with van der Waals surface area (Å²) in [5.74, 6) is -0.292. The summed E-state index contributed by atoms with van der Waals surface area (Å²) in [4.78, 5) is 29.1. The fourth-order valence-corrected chi connectivity index (χ4v) is 4.24. The number of hydrogen-bond acceptors (Lipinski definition) is 2. The minimum absolute atomic E-state index is 0.114. The van der Waals surface area contributed by atoms with Gasteiger partial charge in [0.05, 0.1) is 6.42 Å². The van der Waals surface area contributed by atoms with Crippen LogP contribution in [0, 0.1) is 0 Å². The Morgan fingerprint density at radius 2 is 1.19 bits per heavy atom. The lowest BCUT2D eigenvalue weighted by Gasteiger charge is -2.31. The van der Waals surface area contributed by atoms with Gasteiger partial charge < -0.3 is 10.2 Å². The van der Waals surface area contributed by atoms with E-state index in [1.54, 1.807) is 17.0 Å². The van der Waals surface area contributed by atoms with Gasteiger partial charge in [0, 0.05) is 24.5 Å². The van der Waals surface area contributed by atoms with Gasteiger partial charge in [-0.3, -0.25) is 9.59 Å². The van der Waals surface area contributed by atoms with Gasteiger partial charge >= 0.3 is 0 Å². The van der Waals surface area contributed by atoms with Gasteiger partial charge in [0.25, 0.3) is 0 Å². The molecule has 0 saturated carbocycles. The molecule has 4 aromatic carbocycles. The highest BCUT2D eigenvalue weighted by molar-refractivity contribution is 6.30. The van der Waals surface area contributed by atoms with E-state index in [2.05, 4.69) is 5.32 Å². The minimum Gasteiger partial charge on any atom is -0.350 e. The molecule has 0 aromatic heterocycles. The minimum atomic E-state index is -0.670. The van der Waals surface area contributed by atoms with E-state index >= 15 is 0 Å². The van der Waals surface area contributed by atoms with Gasteiger partial charge in [-0.25, -0.2) is 0 Å². The Morgan fingerprint density at radius 3 is 1.78 bits per heavy atom. The topological polar surface area (TPSA) is 49.4 Å². The molecule has 0 fully saturated rings. The van der Waals surface area contributed by atoms with E-state index in [9.17, 15) is 9.59 Å². The van der Waals surface area contributed by atoms with Crippen molar-refractivity contribution in [1.29, 1.82) is 0 Å². The van der Waals surface area contributed by atoms with Crippen LogP contribution in [0.5, 0.6) is 0 Å². The molecule has 0 heterocycles. The second-order valence-electron chi connectivity index (χ2n) is 8.72. The Morgan fingerprint density at radius 1 is 0.667 bits per heavy atom. The first-order valence-corrected chi connectivity index (χ1v) is 12.4. The number of nitrogens with zero attached hydrogens (tertiary/aromatic N) is 1. The second kappa shape index (κ2) is 12.7. The molecule has 0 aliphatic carbocycles. The molecule has 1 atom stereocenters. The highest BCUT2D eigenvalue weighted by atomic mass is 35.5. The van der Waals surface area contributed by atoms with Gasteiger partial charge in [-0.05, 0) is 34.4 Å². The van der Waals surface area contributed by atoms with Crippen molar-refractivity contribution in [3.05, 3.63) is 143 Å². The van der Waals surface area contributed by atoms with Crippen LogP contribution in [0.15, 0.2) is 115 Å². The molecule has 5 heteroatoms. The average Bonchev–Trinajstić information content (AvgIpc) is 2.92. The summed E-state index contributed by atoms with van der Waals surface area (Å²) in [5, 5.41) is 3.68. The molecular formula is C31H29ClN2O2. The molecule has 4 aromatic rings. The van der Waals surface area contributed by atoms with Crippen molar-refractivity contribution in [2.45, 2.75) is 32.0 Å². The Hall–Kier alpha value is -3.89. The summed E-state index contributed by atoms with van der Waals surface area (Å²) in [7, 11) is 0. The maximum absolute atomic E-state index is 13.7. The molecule has 0 bridgehead atoms. The number of benzene rings is 4. The molecule has 1 N–H and O–H groups in total. The van der Waals surface area contributed by atoms with E-state index in [1.165, 1.54) is 0 Å². The van der Waals surface area contributed by atoms with Crippen LogP contribution in [0.25, 0.3) is 0 Å². The fourth-order valence-electron chi connectivity index (χ4n) is 4.12. The van der Waals surface area contributed by atoms with Crippen LogP contribution in [0.4, 0.5) is 0 Å². The molecule has 36 heavy (non-hydrogen) atoms. The normalized spacial score (nSPS) is 11.5. The van der Waals surface area contributed by atoms with Gasteiger partial charge in [-0.2, -0.15) is 0 Å². The van der Waals surface area contributed by atoms with Crippen LogP contribution in [0.1, 0.15) is 22.3 Å². The lowest BCUT2D eigenvalue weighted by Crippen LogP contribution is -2.50. The van der Waals surface area contributed by atoms with Gasteiger partial charge in [0.2, 0.25) is 11.8 Å². The number of halogens is 1. The zero-order chi connectivity index (χ0) is 25.2. The summed E-state index contributed by atoms with van der Waals surface area (Å²) in [6.45, 7) is 0.735. The van der Waals surface area contributed by atoms with E-state index in [4.69, 9.17) is 11.6 Å². The summed E-state index contributed by atoms with van der Waals surface area (Å²) < 4.78 is 0. The quantitative estimate of drug-likeness (QED) is 0.300. The molecular weight excluding hydrogens is 468 g/mol. The Labute approximate surface area is 217 Å². The molecule has 4 nitrogen and oxygen atoms in total. The van der Waals surface area contributed by atoms with Crippen molar-refractivity contribution in [1.82, 2.24) is 10.2 Å². The predicted molar refractivity (Wildman–Crippen MR) is 144 cm³/mol.